The van der Waals surface area contributed by atoms with Crippen molar-refractivity contribution in [3.63, 3.8) is 0 Å². The van der Waals surface area contributed by atoms with E-state index in [1.807, 2.05) is 4.90 Å². The fourth-order valence-corrected chi connectivity index (χ4v) is 4.41. The largest absolute Gasteiger partial charge is 0.365 e. The molecule has 1 aromatic rings. The predicted molar refractivity (Wildman–Crippen MR) is 102 cm³/mol. The van der Waals surface area contributed by atoms with E-state index in [4.69, 9.17) is 4.74 Å². The van der Waals surface area contributed by atoms with Crippen molar-refractivity contribution in [2.45, 2.75) is 50.3 Å². The number of carbonyl (C=O) groups is 2. The summed E-state index contributed by atoms with van der Waals surface area (Å²) in [5.41, 5.74) is -0.336. The molecule has 1 saturated carbocycles. The maximum atomic E-state index is 13.7. The number of benzene rings is 1. The van der Waals surface area contributed by atoms with Gasteiger partial charge in [0.15, 0.2) is 0 Å². The van der Waals surface area contributed by atoms with Crippen LogP contribution in [0.1, 0.15) is 42.5 Å². The van der Waals surface area contributed by atoms with Gasteiger partial charge in [0.05, 0.1) is 11.7 Å². The second kappa shape index (κ2) is 8.75. The van der Waals surface area contributed by atoms with E-state index in [1.54, 1.807) is 0 Å². The summed E-state index contributed by atoms with van der Waals surface area (Å²) in [6.07, 6.45) is 5.44. The molecule has 1 N–H and O–H groups in total. The van der Waals surface area contributed by atoms with Crippen LogP contribution in [0.5, 0.6) is 0 Å². The lowest BCUT2D eigenvalue weighted by Crippen LogP contribution is -2.57. The quantitative estimate of drug-likeness (QED) is 0.811. The Morgan fingerprint density at radius 2 is 1.90 bits per heavy atom. The van der Waals surface area contributed by atoms with Crippen LogP contribution in [0.4, 0.5) is 8.78 Å². The van der Waals surface area contributed by atoms with Gasteiger partial charge >= 0.3 is 0 Å². The summed E-state index contributed by atoms with van der Waals surface area (Å²) in [4.78, 5) is 29.0. The average Bonchev–Trinajstić information content (AvgIpc) is 2.68. The van der Waals surface area contributed by atoms with E-state index < -0.39 is 17.5 Å². The number of amides is 2. The molecule has 2 heterocycles. The molecule has 3 fully saturated rings. The molecule has 1 aromatic carbocycles. The number of nitrogens with zero attached hydrogens (tertiary/aromatic N) is 2. The summed E-state index contributed by atoms with van der Waals surface area (Å²) < 4.78 is 32.6. The van der Waals surface area contributed by atoms with Gasteiger partial charge in [-0.15, -0.1) is 0 Å². The monoisotopic (exact) mass is 407 g/mol. The third kappa shape index (κ3) is 4.59. The van der Waals surface area contributed by atoms with Crippen molar-refractivity contribution in [1.29, 1.82) is 0 Å². The summed E-state index contributed by atoms with van der Waals surface area (Å²) >= 11 is 0. The Bertz CT molecular complexity index is 764. The third-order valence-electron chi connectivity index (χ3n) is 6.36. The topological polar surface area (TPSA) is 61.9 Å². The Balaban J connectivity index is 1.29. The highest BCUT2D eigenvalue weighted by molar-refractivity contribution is 5.94. The fraction of sp³-hybridized carbons (Fsp3) is 0.619. The molecule has 0 unspecified atom stereocenters. The number of nitrogens with one attached hydrogen (secondary N) is 1. The van der Waals surface area contributed by atoms with Crippen LogP contribution in [0, 0.1) is 11.6 Å². The van der Waals surface area contributed by atoms with Gasteiger partial charge < -0.3 is 19.9 Å². The van der Waals surface area contributed by atoms with E-state index in [-0.39, 0.29) is 36.8 Å². The minimum Gasteiger partial charge on any atom is -0.365 e. The van der Waals surface area contributed by atoms with Gasteiger partial charge in [-0.1, -0.05) is 6.42 Å². The first-order valence-electron chi connectivity index (χ1n) is 10.4. The fourth-order valence-electron chi connectivity index (χ4n) is 4.41. The Kier molecular flexibility index (Phi) is 6.10. The standard InChI is InChI=1S/C21H27F2N3O3/c22-14-4-5-19(23)18(10-14)21(28)24-11-17-12-26(20(27)13-29-17)16-6-8-25(9-7-16)15-2-1-3-15/h4-5,10,15-17H,1-3,6-9,11-13H2,(H,24,28)/t17-/m0/s1. The number of likely N-dealkylation sites (tertiary alicyclic amines) is 1. The molecular formula is C21H27F2N3O3. The molecule has 2 amide bonds. The van der Waals surface area contributed by atoms with Crippen molar-refractivity contribution >= 4 is 11.8 Å². The minimum absolute atomic E-state index is 0.0162. The first-order chi connectivity index (χ1) is 14.0. The van der Waals surface area contributed by atoms with Crippen LogP contribution >= 0.6 is 0 Å². The van der Waals surface area contributed by atoms with E-state index in [1.165, 1.54) is 19.3 Å². The number of carbonyl (C=O) groups excluding carboxylic acids is 2. The molecule has 2 saturated heterocycles. The lowest BCUT2D eigenvalue weighted by molar-refractivity contribution is -0.153. The number of hydrogen-bond donors (Lipinski definition) is 1. The van der Waals surface area contributed by atoms with E-state index in [2.05, 4.69) is 10.2 Å². The highest BCUT2D eigenvalue weighted by atomic mass is 19.1. The lowest BCUT2D eigenvalue weighted by Gasteiger charge is -2.45. The molecule has 1 atom stereocenters. The molecule has 8 heteroatoms. The Morgan fingerprint density at radius 1 is 1.14 bits per heavy atom. The van der Waals surface area contributed by atoms with Crippen LogP contribution < -0.4 is 5.32 Å². The number of ether oxygens (including phenoxy) is 1. The number of piperidine rings is 1. The number of hydrogen-bond acceptors (Lipinski definition) is 4. The van der Waals surface area contributed by atoms with Gasteiger partial charge in [-0.3, -0.25) is 9.59 Å². The van der Waals surface area contributed by atoms with E-state index in [9.17, 15) is 18.4 Å². The Labute approximate surface area is 169 Å². The first kappa shape index (κ1) is 20.2. The van der Waals surface area contributed by atoms with Gasteiger partial charge in [0, 0.05) is 38.3 Å². The summed E-state index contributed by atoms with van der Waals surface area (Å²) in [5.74, 6) is -2.16. The minimum atomic E-state index is -0.775. The molecule has 29 heavy (non-hydrogen) atoms. The van der Waals surface area contributed by atoms with Crippen LogP contribution in [0.15, 0.2) is 18.2 Å². The molecule has 0 spiro atoms. The molecule has 158 valence electrons. The van der Waals surface area contributed by atoms with Crippen LogP contribution in [0.3, 0.4) is 0 Å². The van der Waals surface area contributed by atoms with Crippen molar-refractivity contribution in [2.24, 2.45) is 0 Å². The molecule has 6 nitrogen and oxygen atoms in total. The normalized spacial score (nSPS) is 24.4. The number of rotatable bonds is 5. The van der Waals surface area contributed by atoms with Crippen molar-refractivity contribution in [3.05, 3.63) is 35.4 Å². The second-order valence-corrected chi connectivity index (χ2v) is 8.17. The van der Waals surface area contributed by atoms with Crippen LogP contribution in [0.2, 0.25) is 0 Å². The molecule has 0 bridgehead atoms. The van der Waals surface area contributed by atoms with Crippen molar-refractivity contribution in [3.8, 4) is 0 Å². The van der Waals surface area contributed by atoms with Gasteiger partial charge in [-0.25, -0.2) is 8.78 Å². The first-order valence-corrected chi connectivity index (χ1v) is 10.4. The van der Waals surface area contributed by atoms with Gasteiger partial charge in [-0.05, 0) is 43.9 Å². The summed E-state index contributed by atoms with van der Waals surface area (Å²) in [6, 6.07) is 3.69. The maximum Gasteiger partial charge on any atom is 0.254 e. The van der Waals surface area contributed by atoms with E-state index in [0.29, 0.717) is 6.54 Å². The molecule has 4 rings (SSSR count). The smallest absolute Gasteiger partial charge is 0.254 e. The number of halogens is 2. The predicted octanol–water partition coefficient (Wildman–Crippen LogP) is 1.94. The van der Waals surface area contributed by atoms with Crippen LogP contribution in [0.25, 0.3) is 0 Å². The zero-order chi connectivity index (χ0) is 20.4. The maximum absolute atomic E-state index is 13.7. The van der Waals surface area contributed by atoms with Crippen LogP contribution in [-0.2, 0) is 9.53 Å². The van der Waals surface area contributed by atoms with Crippen molar-refractivity contribution < 1.29 is 23.1 Å². The molecule has 3 aliphatic rings. The zero-order valence-corrected chi connectivity index (χ0v) is 16.4. The lowest BCUT2D eigenvalue weighted by atomic mass is 9.89. The molecule has 2 aliphatic heterocycles. The summed E-state index contributed by atoms with van der Waals surface area (Å²) in [7, 11) is 0. The average molecular weight is 407 g/mol. The highest BCUT2D eigenvalue weighted by Crippen LogP contribution is 2.29. The third-order valence-corrected chi connectivity index (χ3v) is 6.36. The molecule has 1 aliphatic carbocycles. The molecule has 0 radical (unpaired) electrons. The summed E-state index contributed by atoms with van der Waals surface area (Å²) in [5, 5.41) is 2.60. The van der Waals surface area contributed by atoms with Gasteiger partial charge in [0.1, 0.15) is 18.2 Å². The van der Waals surface area contributed by atoms with Gasteiger partial charge in [0.2, 0.25) is 5.91 Å². The van der Waals surface area contributed by atoms with E-state index >= 15 is 0 Å². The Hall–Kier alpha value is -2.06. The van der Waals surface area contributed by atoms with Crippen LogP contribution in [-0.4, -0.2) is 72.6 Å². The molecular weight excluding hydrogens is 380 g/mol. The van der Waals surface area contributed by atoms with E-state index in [0.717, 1.165) is 50.2 Å². The summed E-state index contributed by atoms with van der Waals surface area (Å²) in [6.45, 7) is 2.55. The second-order valence-electron chi connectivity index (χ2n) is 8.17. The zero-order valence-electron chi connectivity index (χ0n) is 16.4. The SMILES string of the molecule is O=C(NC[C@H]1CN(C2CCN(C3CCC3)CC2)C(=O)CO1)c1cc(F)ccc1F. The highest BCUT2D eigenvalue weighted by Gasteiger charge is 2.35. The molecule has 0 aromatic heterocycles. The number of morpholine rings is 1. The van der Waals surface area contributed by atoms with Gasteiger partial charge in [0.25, 0.3) is 5.91 Å². The van der Waals surface area contributed by atoms with Crippen molar-refractivity contribution in [2.75, 3.05) is 32.8 Å². The Morgan fingerprint density at radius 3 is 2.59 bits per heavy atom. The van der Waals surface area contributed by atoms with Gasteiger partial charge in [-0.2, -0.15) is 0 Å². The van der Waals surface area contributed by atoms with Crippen molar-refractivity contribution in [1.82, 2.24) is 15.1 Å².